The summed E-state index contributed by atoms with van der Waals surface area (Å²) >= 11 is 6.11. The summed E-state index contributed by atoms with van der Waals surface area (Å²) in [6.07, 6.45) is 1.16. The summed E-state index contributed by atoms with van der Waals surface area (Å²) < 4.78 is 33.3. The predicted octanol–water partition coefficient (Wildman–Crippen LogP) is 4.22. The molecule has 0 aliphatic carbocycles. The molecule has 0 aromatic heterocycles. The number of benzene rings is 2. The molecule has 0 radical (unpaired) electrons. The molecule has 0 amide bonds. The number of nitrogens with zero attached hydrogens (tertiary/aromatic N) is 2. The number of rotatable bonds is 11. The summed E-state index contributed by atoms with van der Waals surface area (Å²) in [6.45, 7) is 8.39. The molecular formula is C23H29ClN4O6S. The van der Waals surface area contributed by atoms with Gasteiger partial charge in [-0.3, -0.25) is 14.9 Å². The van der Waals surface area contributed by atoms with E-state index in [1.165, 1.54) is 24.3 Å². The second-order valence-corrected chi connectivity index (χ2v) is 11.0. The molecule has 0 heterocycles. The van der Waals surface area contributed by atoms with E-state index in [9.17, 15) is 23.3 Å². The van der Waals surface area contributed by atoms with E-state index in [1.54, 1.807) is 39.0 Å². The Bertz CT molecular complexity index is 1200. The first kappa shape index (κ1) is 28.1. The van der Waals surface area contributed by atoms with Gasteiger partial charge in [-0.1, -0.05) is 29.8 Å². The molecule has 1 atom stereocenters. The molecule has 0 aliphatic rings. The van der Waals surface area contributed by atoms with Crippen LogP contribution in [0.5, 0.6) is 0 Å². The fourth-order valence-electron chi connectivity index (χ4n) is 3.22. The number of halogens is 1. The summed E-state index contributed by atoms with van der Waals surface area (Å²) in [4.78, 5) is 22.8. The summed E-state index contributed by atoms with van der Waals surface area (Å²) in [7, 11) is -4.33. The van der Waals surface area contributed by atoms with Gasteiger partial charge in [-0.25, -0.2) is 8.42 Å². The Kier molecular flexibility index (Phi) is 9.24. The molecule has 10 nitrogen and oxygen atoms in total. The van der Waals surface area contributed by atoms with Crippen LogP contribution in [0.4, 0.5) is 17.1 Å². The molecule has 190 valence electrons. The molecule has 0 saturated carbocycles. The zero-order valence-electron chi connectivity index (χ0n) is 19.7. The molecule has 0 saturated heterocycles. The number of para-hydroxylation sites is 1. The Labute approximate surface area is 209 Å². The number of ether oxygens (including phenoxy) is 1. The third-order valence-corrected chi connectivity index (χ3v) is 6.85. The minimum atomic E-state index is -4.33. The highest BCUT2D eigenvalue weighted by Crippen LogP contribution is 2.28. The van der Waals surface area contributed by atoms with Crippen LogP contribution < -0.4 is 11.1 Å². The van der Waals surface area contributed by atoms with Crippen LogP contribution in [0.3, 0.4) is 0 Å². The number of nitrogens with two attached hydrogens (primary N) is 1. The maximum Gasteiger partial charge on any atom is 0.308 e. The number of nitro groups is 1. The number of anilines is 2. The summed E-state index contributed by atoms with van der Waals surface area (Å²) in [5.74, 6) is -0.557. The van der Waals surface area contributed by atoms with Gasteiger partial charge in [-0.05, 0) is 45.0 Å². The van der Waals surface area contributed by atoms with Crippen molar-refractivity contribution in [3.63, 3.8) is 0 Å². The van der Waals surface area contributed by atoms with Crippen LogP contribution in [0.1, 0.15) is 27.2 Å². The fraction of sp³-hybridized carbons (Fsp3) is 0.348. The van der Waals surface area contributed by atoms with Crippen LogP contribution in [-0.2, 0) is 19.6 Å². The van der Waals surface area contributed by atoms with E-state index in [0.29, 0.717) is 11.4 Å². The first-order chi connectivity index (χ1) is 16.2. The Balaban J connectivity index is 2.44. The van der Waals surface area contributed by atoms with Crippen LogP contribution in [0.2, 0.25) is 5.02 Å². The number of carbonyl (C=O) groups is 1. The summed E-state index contributed by atoms with van der Waals surface area (Å²) in [5.41, 5.74) is 5.32. The zero-order chi connectivity index (χ0) is 26.4. The van der Waals surface area contributed by atoms with Gasteiger partial charge in [0, 0.05) is 24.8 Å². The lowest BCUT2D eigenvalue weighted by Gasteiger charge is -2.28. The standard InChI is InChI=1S/C23H29ClN4O6S/c1-5-12-27(35(32,33)21-9-7-6-8-20(21)28(30)31)15-17(14-22(29)34-23(2,3)4)26-16-10-11-19(25)18(24)13-16/h5-11,13,17,26H,1,12,14-15,25H2,2-4H3/t17-/m0/s1. The van der Waals surface area contributed by atoms with Crippen molar-refractivity contribution in [3.8, 4) is 0 Å². The normalized spacial score (nSPS) is 12.7. The van der Waals surface area contributed by atoms with Gasteiger partial charge in [0.1, 0.15) is 5.60 Å². The number of nitro benzene ring substituents is 1. The minimum Gasteiger partial charge on any atom is -0.460 e. The third kappa shape index (κ3) is 7.94. The van der Waals surface area contributed by atoms with Gasteiger partial charge in [0.2, 0.25) is 10.0 Å². The lowest BCUT2D eigenvalue weighted by Crippen LogP contribution is -2.42. The Hall–Kier alpha value is -3.15. The van der Waals surface area contributed by atoms with Gasteiger partial charge in [0.05, 0.1) is 28.1 Å². The van der Waals surface area contributed by atoms with E-state index < -0.39 is 43.1 Å². The van der Waals surface area contributed by atoms with E-state index in [2.05, 4.69) is 11.9 Å². The molecule has 0 bridgehead atoms. The number of hydrogen-bond donors (Lipinski definition) is 2. The number of hydrogen-bond acceptors (Lipinski definition) is 8. The van der Waals surface area contributed by atoms with E-state index in [1.807, 2.05) is 0 Å². The monoisotopic (exact) mass is 524 g/mol. The van der Waals surface area contributed by atoms with Crippen molar-refractivity contribution in [2.24, 2.45) is 0 Å². The van der Waals surface area contributed by atoms with E-state index in [-0.39, 0.29) is 24.5 Å². The van der Waals surface area contributed by atoms with Crippen LogP contribution in [0, 0.1) is 10.1 Å². The van der Waals surface area contributed by atoms with Crippen molar-refractivity contribution in [1.82, 2.24) is 4.31 Å². The average Bonchev–Trinajstić information content (AvgIpc) is 2.74. The second kappa shape index (κ2) is 11.5. The molecular weight excluding hydrogens is 496 g/mol. The average molecular weight is 525 g/mol. The van der Waals surface area contributed by atoms with E-state index in [0.717, 1.165) is 10.4 Å². The van der Waals surface area contributed by atoms with Crippen molar-refractivity contribution in [3.05, 3.63) is 70.3 Å². The lowest BCUT2D eigenvalue weighted by atomic mass is 10.1. The quantitative estimate of drug-likeness (QED) is 0.146. The van der Waals surface area contributed by atoms with Crippen LogP contribution in [-0.4, -0.2) is 48.3 Å². The number of carbonyl (C=O) groups excluding carboxylic acids is 1. The number of sulfonamides is 1. The highest BCUT2D eigenvalue weighted by atomic mass is 35.5. The second-order valence-electron chi connectivity index (χ2n) is 8.70. The first-order valence-electron chi connectivity index (χ1n) is 10.6. The Morgan fingerprint density at radius 3 is 2.54 bits per heavy atom. The Morgan fingerprint density at radius 1 is 1.31 bits per heavy atom. The molecule has 12 heteroatoms. The summed E-state index contributed by atoms with van der Waals surface area (Å²) in [5, 5.41) is 14.8. The predicted molar refractivity (Wildman–Crippen MR) is 136 cm³/mol. The van der Waals surface area contributed by atoms with Crippen LogP contribution in [0.25, 0.3) is 0 Å². The molecule has 35 heavy (non-hydrogen) atoms. The number of esters is 1. The van der Waals surface area contributed by atoms with Crippen LogP contribution >= 0.6 is 11.6 Å². The molecule has 0 fully saturated rings. The number of nitrogens with one attached hydrogen (secondary N) is 1. The molecule has 2 aromatic rings. The van der Waals surface area contributed by atoms with E-state index >= 15 is 0 Å². The smallest absolute Gasteiger partial charge is 0.308 e. The highest BCUT2D eigenvalue weighted by Gasteiger charge is 2.33. The third-order valence-electron chi connectivity index (χ3n) is 4.64. The molecule has 0 aliphatic heterocycles. The van der Waals surface area contributed by atoms with Crippen LogP contribution in [0.15, 0.2) is 60.0 Å². The van der Waals surface area contributed by atoms with Crippen molar-refractivity contribution in [2.75, 3.05) is 24.1 Å². The molecule has 2 rings (SSSR count). The topological polar surface area (TPSA) is 145 Å². The van der Waals surface area contributed by atoms with Crippen molar-refractivity contribution < 1.29 is 22.9 Å². The largest absolute Gasteiger partial charge is 0.460 e. The van der Waals surface area contributed by atoms with Gasteiger partial charge in [0.15, 0.2) is 4.90 Å². The van der Waals surface area contributed by atoms with E-state index in [4.69, 9.17) is 22.1 Å². The minimum absolute atomic E-state index is 0.149. The Morgan fingerprint density at radius 2 is 1.97 bits per heavy atom. The molecule has 0 spiro atoms. The molecule has 0 unspecified atom stereocenters. The van der Waals surface area contributed by atoms with Gasteiger partial charge in [-0.15, -0.1) is 6.58 Å². The zero-order valence-corrected chi connectivity index (χ0v) is 21.3. The molecule has 3 N–H and O–H groups in total. The summed E-state index contributed by atoms with van der Waals surface area (Å²) in [6, 6.07) is 9.05. The van der Waals surface area contributed by atoms with Crippen molar-refractivity contribution in [2.45, 2.75) is 43.7 Å². The first-order valence-corrected chi connectivity index (χ1v) is 12.4. The van der Waals surface area contributed by atoms with Gasteiger partial charge < -0.3 is 15.8 Å². The maximum atomic E-state index is 13.4. The van der Waals surface area contributed by atoms with Gasteiger partial charge in [-0.2, -0.15) is 4.31 Å². The lowest BCUT2D eigenvalue weighted by molar-refractivity contribution is -0.387. The molecule has 2 aromatic carbocycles. The van der Waals surface area contributed by atoms with Gasteiger partial charge >= 0.3 is 5.97 Å². The van der Waals surface area contributed by atoms with Gasteiger partial charge in [0.25, 0.3) is 5.69 Å². The SMILES string of the molecule is C=CCN(C[C@H](CC(=O)OC(C)(C)C)Nc1ccc(N)c(Cl)c1)S(=O)(=O)c1ccccc1[N+](=O)[O-]. The van der Waals surface area contributed by atoms with Crippen molar-refractivity contribution in [1.29, 1.82) is 0 Å². The fourth-order valence-corrected chi connectivity index (χ4v) is 5.02. The van der Waals surface area contributed by atoms with Crippen molar-refractivity contribution >= 4 is 44.7 Å². The highest BCUT2D eigenvalue weighted by molar-refractivity contribution is 7.89. The maximum absolute atomic E-state index is 13.4. The number of nitrogen functional groups attached to an aromatic ring is 1.